The Morgan fingerprint density at radius 3 is 2.65 bits per heavy atom. The Kier molecular flexibility index (Phi) is 8.53. The summed E-state index contributed by atoms with van der Waals surface area (Å²) in [5, 5.41) is 21.8. The van der Waals surface area contributed by atoms with Crippen LogP contribution in [0.25, 0.3) is 0 Å². The Hall–Kier alpha value is -1.43. The minimum atomic E-state index is -0.640. The Bertz CT molecular complexity index is 822. The van der Waals surface area contributed by atoms with Gasteiger partial charge in [-0.15, -0.1) is 0 Å². The van der Waals surface area contributed by atoms with Crippen molar-refractivity contribution in [3.63, 3.8) is 0 Å². The normalized spacial score (nSPS) is 35.5. The smallest absolute Gasteiger partial charge is 0.251 e. The van der Waals surface area contributed by atoms with Crippen molar-refractivity contribution >= 4 is 5.91 Å². The van der Waals surface area contributed by atoms with Crippen molar-refractivity contribution in [2.45, 2.75) is 98.2 Å². The van der Waals surface area contributed by atoms with Crippen LogP contribution in [-0.2, 0) is 9.63 Å². The van der Waals surface area contributed by atoms with Gasteiger partial charge in [-0.1, -0.05) is 58.9 Å². The standard InChI is InChI=1S/C29H47NO4/c1-19(14-16-30(34-7)27(33)28(3,4)5)24-12-13-25-21(9-8-15-29(24,25)6)10-11-22-17-23(31)18-26(32)20(22)2/h10-11,19,23-26,31-32H,2,8-9,12-18H2,1,3-7H3/b21-10+,22-11-/t19-,23-,24-,25+,26+,29-/m1/s1. The third kappa shape index (κ3) is 5.68. The number of hydrogen-bond donors (Lipinski definition) is 2. The fourth-order valence-electron chi connectivity index (χ4n) is 6.85. The highest BCUT2D eigenvalue weighted by atomic mass is 16.7. The summed E-state index contributed by atoms with van der Waals surface area (Å²) in [7, 11) is 1.59. The Balaban J connectivity index is 1.70. The molecule has 192 valence electrons. The van der Waals surface area contributed by atoms with Crippen molar-refractivity contribution in [2.75, 3.05) is 13.7 Å². The quantitative estimate of drug-likeness (QED) is 0.494. The van der Waals surface area contributed by atoms with Crippen molar-refractivity contribution in [1.29, 1.82) is 0 Å². The fraction of sp³-hybridized carbons (Fsp3) is 0.759. The third-order valence-electron chi connectivity index (χ3n) is 8.87. The first-order chi connectivity index (χ1) is 15.9. The zero-order valence-corrected chi connectivity index (χ0v) is 22.3. The molecule has 6 atom stereocenters. The molecular weight excluding hydrogens is 426 g/mol. The van der Waals surface area contributed by atoms with E-state index in [0.717, 1.165) is 24.0 Å². The van der Waals surface area contributed by atoms with Crippen LogP contribution in [0.2, 0.25) is 0 Å². The second kappa shape index (κ2) is 10.7. The number of hydrogen-bond acceptors (Lipinski definition) is 4. The second-order valence-electron chi connectivity index (χ2n) is 12.3. The minimum absolute atomic E-state index is 0.0353. The monoisotopic (exact) mass is 473 g/mol. The van der Waals surface area contributed by atoms with Gasteiger partial charge in [0.1, 0.15) is 0 Å². The van der Waals surface area contributed by atoms with Gasteiger partial charge >= 0.3 is 0 Å². The summed E-state index contributed by atoms with van der Waals surface area (Å²) < 4.78 is 0. The number of hydroxylamine groups is 2. The molecule has 1 amide bonds. The molecule has 0 saturated heterocycles. The van der Waals surface area contributed by atoms with E-state index in [0.29, 0.717) is 37.1 Å². The molecule has 3 saturated carbocycles. The lowest BCUT2D eigenvalue weighted by atomic mass is 9.61. The molecule has 0 unspecified atom stereocenters. The largest absolute Gasteiger partial charge is 0.393 e. The number of rotatable bonds is 6. The zero-order valence-electron chi connectivity index (χ0n) is 22.3. The first-order valence-corrected chi connectivity index (χ1v) is 13.2. The van der Waals surface area contributed by atoms with E-state index in [-0.39, 0.29) is 11.3 Å². The molecule has 0 aromatic rings. The molecule has 0 bridgehead atoms. The van der Waals surface area contributed by atoms with Crippen LogP contribution in [-0.4, -0.2) is 47.0 Å². The van der Waals surface area contributed by atoms with Gasteiger partial charge in [-0.05, 0) is 79.3 Å². The van der Waals surface area contributed by atoms with Crippen molar-refractivity contribution in [1.82, 2.24) is 5.06 Å². The number of allylic oxidation sites excluding steroid dienone is 3. The predicted molar refractivity (Wildman–Crippen MR) is 137 cm³/mol. The minimum Gasteiger partial charge on any atom is -0.393 e. The van der Waals surface area contributed by atoms with E-state index < -0.39 is 17.6 Å². The second-order valence-corrected chi connectivity index (χ2v) is 12.3. The van der Waals surface area contributed by atoms with Crippen LogP contribution in [0, 0.1) is 28.6 Å². The summed E-state index contributed by atoms with van der Waals surface area (Å²) in [6, 6.07) is 0. The molecule has 34 heavy (non-hydrogen) atoms. The molecule has 5 nitrogen and oxygen atoms in total. The van der Waals surface area contributed by atoms with E-state index in [4.69, 9.17) is 4.84 Å². The fourth-order valence-corrected chi connectivity index (χ4v) is 6.85. The molecule has 5 heteroatoms. The molecule has 3 aliphatic carbocycles. The first kappa shape index (κ1) is 27.2. The lowest BCUT2D eigenvalue weighted by Gasteiger charge is -2.44. The molecule has 0 aromatic carbocycles. The number of amides is 1. The third-order valence-corrected chi connectivity index (χ3v) is 8.87. The van der Waals surface area contributed by atoms with E-state index >= 15 is 0 Å². The summed E-state index contributed by atoms with van der Waals surface area (Å²) in [5.74, 6) is 1.76. The van der Waals surface area contributed by atoms with Crippen molar-refractivity contribution in [3.05, 3.63) is 35.5 Å². The lowest BCUT2D eigenvalue weighted by molar-refractivity contribution is -0.186. The van der Waals surface area contributed by atoms with E-state index in [1.54, 1.807) is 12.2 Å². The van der Waals surface area contributed by atoms with Crippen LogP contribution in [0.1, 0.15) is 86.0 Å². The average molecular weight is 474 g/mol. The highest BCUT2D eigenvalue weighted by Gasteiger charge is 2.50. The molecule has 0 spiro atoms. The van der Waals surface area contributed by atoms with Crippen LogP contribution in [0.15, 0.2) is 35.5 Å². The average Bonchev–Trinajstić information content (AvgIpc) is 3.12. The summed E-state index contributed by atoms with van der Waals surface area (Å²) in [4.78, 5) is 18.1. The Labute approximate surface area is 206 Å². The molecule has 3 aliphatic rings. The van der Waals surface area contributed by atoms with Gasteiger partial charge in [-0.2, -0.15) is 0 Å². The maximum Gasteiger partial charge on any atom is 0.251 e. The molecule has 0 radical (unpaired) electrons. The van der Waals surface area contributed by atoms with Crippen molar-refractivity contribution in [2.24, 2.45) is 28.6 Å². The summed E-state index contributed by atoms with van der Waals surface area (Å²) in [6.45, 7) is 15.3. The summed E-state index contributed by atoms with van der Waals surface area (Å²) in [5.41, 5.74) is 3.08. The number of aliphatic hydroxyl groups excluding tert-OH is 2. The van der Waals surface area contributed by atoms with Crippen LogP contribution in [0.3, 0.4) is 0 Å². The van der Waals surface area contributed by atoms with E-state index in [1.165, 1.54) is 31.3 Å². The van der Waals surface area contributed by atoms with Crippen LogP contribution in [0.5, 0.6) is 0 Å². The maximum atomic E-state index is 12.7. The first-order valence-electron chi connectivity index (χ1n) is 13.2. The van der Waals surface area contributed by atoms with Crippen molar-refractivity contribution in [3.8, 4) is 0 Å². The summed E-state index contributed by atoms with van der Waals surface area (Å²) in [6.07, 6.45) is 11.2. The number of carbonyl (C=O) groups is 1. The van der Waals surface area contributed by atoms with E-state index in [9.17, 15) is 15.0 Å². The van der Waals surface area contributed by atoms with Gasteiger partial charge < -0.3 is 10.2 Å². The van der Waals surface area contributed by atoms with E-state index in [1.807, 2.05) is 20.8 Å². The van der Waals surface area contributed by atoms with Crippen LogP contribution in [0.4, 0.5) is 0 Å². The SMILES string of the molecule is C=C1/C(=C\C=C2/CCC[C@]3(C)[C@@H]([C@H](C)CCN(OC)C(=O)C(C)(C)C)CC[C@@H]23)C[C@@H](O)C[C@@H]1O. The predicted octanol–water partition coefficient (Wildman–Crippen LogP) is 5.59. The van der Waals surface area contributed by atoms with Gasteiger partial charge in [0.2, 0.25) is 0 Å². The van der Waals surface area contributed by atoms with Crippen molar-refractivity contribution < 1.29 is 19.8 Å². The van der Waals surface area contributed by atoms with Gasteiger partial charge in [0.25, 0.3) is 5.91 Å². The molecule has 0 aromatic heterocycles. The van der Waals surface area contributed by atoms with Gasteiger partial charge in [0.15, 0.2) is 0 Å². The number of aliphatic hydroxyl groups is 2. The van der Waals surface area contributed by atoms with Gasteiger partial charge in [0.05, 0.1) is 19.3 Å². The van der Waals surface area contributed by atoms with Gasteiger partial charge in [-0.3, -0.25) is 9.63 Å². The van der Waals surface area contributed by atoms with Gasteiger partial charge in [0, 0.05) is 18.4 Å². The maximum absolute atomic E-state index is 12.7. The number of carbonyl (C=O) groups excluding carboxylic acids is 1. The molecule has 3 rings (SSSR count). The van der Waals surface area contributed by atoms with Crippen LogP contribution >= 0.6 is 0 Å². The summed E-state index contributed by atoms with van der Waals surface area (Å²) >= 11 is 0. The molecule has 0 heterocycles. The molecule has 2 N–H and O–H groups in total. The molecule has 3 fully saturated rings. The van der Waals surface area contributed by atoms with Gasteiger partial charge in [-0.25, -0.2) is 5.06 Å². The Morgan fingerprint density at radius 1 is 1.29 bits per heavy atom. The zero-order chi connectivity index (χ0) is 25.3. The highest BCUT2D eigenvalue weighted by molar-refractivity contribution is 5.80. The van der Waals surface area contributed by atoms with Crippen LogP contribution < -0.4 is 0 Å². The number of nitrogens with zero attached hydrogens (tertiary/aromatic N) is 1. The number of fused-ring (bicyclic) bond motifs is 1. The topological polar surface area (TPSA) is 70.0 Å². The Morgan fingerprint density at radius 2 is 2.00 bits per heavy atom. The lowest BCUT2D eigenvalue weighted by Crippen LogP contribution is -2.41. The molecule has 0 aliphatic heterocycles. The highest BCUT2D eigenvalue weighted by Crippen LogP contribution is 2.59. The van der Waals surface area contributed by atoms with E-state index in [2.05, 4.69) is 32.6 Å². The molecular formula is C29H47NO4.